The summed E-state index contributed by atoms with van der Waals surface area (Å²) in [6.07, 6.45) is 1.64. The van der Waals surface area contributed by atoms with Crippen LogP contribution in [0.2, 0.25) is 0 Å². The Morgan fingerprint density at radius 2 is 2.00 bits per heavy atom. The molecule has 0 atom stereocenters. The second kappa shape index (κ2) is 5.80. The molecule has 0 fully saturated rings. The van der Waals surface area contributed by atoms with Crippen LogP contribution in [0.4, 0.5) is 8.78 Å². The molecular formula is C16H12F2N6. The van der Waals surface area contributed by atoms with Gasteiger partial charge in [-0.1, -0.05) is 18.2 Å². The highest BCUT2D eigenvalue weighted by molar-refractivity contribution is 5.89. The van der Waals surface area contributed by atoms with E-state index in [1.807, 2.05) is 6.07 Å². The summed E-state index contributed by atoms with van der Waals surface area (Å²) in [5.74, 6) is 0.106. The molecule has 0 spiro atoms. The second-order valence-corrected chi connectivity index (χ2v) is 5.21. The van der Waals surface area contributed by atoms with Gasteiger partial charge in [-0.2, -0.15) is 10.2 Å². The maximum absolute atomic E-state index is 13.9. The molecule has 120 valence electrons. The van der Waals surface area contributed by atoms with Crippen LogP contribution in [0.1, 0.15) is 11.4 Å². The summed E-state index contributed by atoms with van der Waals surface area (Å²) < 4.78 is 28.2. The van der Waals surface area contributed by atoms with Crippen molar-refractivity contribution in [1.82, 2.24) is 29.9 Å². The Kier molecular flexibility index (Phi) is 3.49. The van der Waals surface area contributed by atoms with Crippen molar-refractivity contribution in [1.29, 1.82) is 0 Å². The van der Waals surface area contributed by atoms with Gasteiger partial charge in [0.2, 0.25) is 5.82 Å². The highest BCUT2D eigenvalue weighted by Crippen LogP contribution is 2.25. The molecule has 0 amide bonds. The first-order valence-corrected chi connectivity index (χ1v) is 7.29. The predicted octanol–water partition coefficient (Wildman–Crippen LogP) is 2.87. The number of alkyl halides is 1. The second-order valence-electron chi connectivity index (χ2n) is 5.21. The Bertz CT molecular complexity index is 1010. The van der Waals surface area contributed by atoms with Crippen molar-refractivity contribution < 1.29 is 8.78 Å². The Morgan fingerprint density at radius 1 is 1.12 bits per heavy atom. The van der Waals surface area contributed by atoms with Crippen LogP contribution >= 0.6 is 0 Å². The van der Waals surface area contributed by atoms with Crippen LogP contribution in [0.3, 0.4) is 0 Å². The number of hydrogen-bond donors (Lipinski definition) is 1. The highest BCUT2D eigenvalue weighted by atomic mass is 19.1. The molecule has 3 aromatic heterocycles. The minimum atomic E-state index is -0.737. The normalized spacial score (nSPS) is 11.2. The molecule has 6 nitrogen and oxygen atoms in total. The van der Waals surface area contributed by atoms with E-state index in [0.29, 0.717) is 16.9 Å². The van der Waals surface area contributed by atoms with E-state index < -0.39 is 6.67 Å². The van der Waals surface area contributed by atoms with E-state index in [0.717, 1.165) is 5.39 Å². The average Bonchev–Trinajstić information content (AvgIpc) is 3.22. The van der Waals surface area contributed by atoms with Crippen molar-refractivity contribution in [2.75, 3.05) is 0 Å². The van der Waals surface area contributed by atoms with E-state index in [1.165, 1.54) is 6.07 Å². The van der Waals surface area contributed by atoms with E-state index in [4.69, 9.17) is 0 Å². The summed E-state index contributed by atoms with van der Waals surface area (Å²) in [4.78, 5) is 8.39. The molecule has 0 radical (unpaired) electrons. The van der Waals surface area contributed by atoms with Gasteiger partial charge >= 0.3 is 0 Å². The number of rotatable bonds is 4. The third kappa shape index (κ3) is 2.41. The quantitative estimate of drug-likeness (QED) is 0.626. The van der Waals surface area contributed by atoms with Gasteiger partial charge in [-0.05, 0) is 18.2 Å². The van der Waals surface area contributed by atoms with E-state index >= 15 is 0 Å². The van der Waals surface area contributed by atoms with Crippen molar-refractivity contribution in [3.63, 3.8) is 0 Å². The van der Waals surface area contributed by atoms with Gasteiger partial charge in [0.15, 0.2) is 11.5 Å². The fourth-order valence-corrected chi connectivity index (χ4v) is 2.53. The van der Waals surface area contributed by atoms with E-state index in [9.17, 15) is 8.78 Å². The highest BCUT2D eigenvalue weighted by Gasteiger charge is 2.17. The topological polar surface area (TPSA) is 72.3 Å². The molecule has 4 rings (SSSR count). The first-order valence-electron chi connectivity index (χ1n) is 7.29. The fraction of sp³-hybridized carbons (Fsp3) is 0.125. The molecule has 24 heavy (non-hydrogen) atoms. The first kappa shape index (κ1) is 14.4. The van der Waals surface area contributed by atoms with Crippen molar-refractivity contribution in [2.45, 2.75) is 13.2 Å². The van der Waals surface area contributed by atoms with Crippen LogP contribution in [-0.2, 0) is 13.2 Å². The van der Waals surface area contributed by atoms with Gasteiger partial charge in [0, 0.05) is 11.8 Å². The molecule has 1 N–H and O–H groups in total. The third-order valence-electron chi connectivity index (χ3n) is 3.66. The van der Waals surface area contributed by atoms with Crippen LogP contribution in [0.25, 0.3) is 22.6 Å². The van der Waals surface area contributed by atoms with Crippen LogP contribution in [0.5, 0.6) is 0 Å². The molecule has 0 bridgehead atoms. The summed E-state index contributed by atoms with van der Waals surface area (Å²) in [6, 6.07) is 10.1. The zero-order chi connectivity index (χ0) is 16.5. The lowest BCUT2D eigenvalue weighted by Gasteiger charge is -2.04. The van der Waals surface area contributed by atoms with Crippen molar-refractivity contribution in [2.24, 2.45) is 0 Å². The molecule has 0 unspecified atom stereocenters. The van der Waals surface area contributed by atoms with Crippen LogP contribution in [-0.4, -0.2) is 29.9 Å². The van der Waals surface area contributed by atoms with Crippen LogP contribution in [0, 0.1) is 5.82 Å². The van der Waals surface area contributed by atoms with E-state index in [1.54, 1.807) is 35.1 Å². The minimum absolute atomic E-state index is 0.130. The summed E-state index contributed by atoms with van der Waals surface area (Å²) in [5, 5.41) is 11.7. The fourth-order valence-electron chi connectivity index (χ4n) is 2.53. The molecule has 4 aromatic rings. The largest absolute Gasteiger partial charge is 0.260 e. The Balaban J connectivity index is 1.83. The summed E-state index contributed by atoms with van der Waals surface area (Å²) in [6.45, 7) is -0.514. The number of fused-ring (bicyclic) bond motifs is 1. The van der Waals surface area contributed by atoms with Crippen LogP contribution in [0.15, 0.2) is 42.6 Å². The van der Waals surface area contributed by atoms with Crippen molar-refractivity contribution in [3.05, 3.63) is 59.8 Å². The van der Waals surface area contributed by atoms with Gasteiger partial charge in [0.25, 0.3) is 0 Å². The monoisotopic (exact) mass is 326 g/mol. The lowest BCUT2D eigenvalue weighted by Crippen LogP contribution is -2.04. The number of halogens is 2. The van der Waals surface area contributed by atoms with Gasteiger partial charge in [0.05, 0.1) is 11.9 Å². The lowest BCUT2D eigenvalue weighted by molar-refractivity contribution is 0.466. The third-order valence-corrected chi connectivity index (χ3v) is 3.66. The van der Waals surface area contributed by atoms with E-state index in [-0.39, 0.29) is 24.0 Å². The SMILES string of the molecule is FCc1nc(-c2nn(Cc3ccccc3F)c3ncccc23)n[nH]1. The maximum atomic E-state index is 13.9. The Morgan fingerprint density at radius 3 is 2.79 bits per heavy atom. The number of pyridine rings is 1. The smallest absolute Gasteiger partial charge is 0.202 e. The number of H-pyrrole nitrogens is 1. The first-order chi connectivity index (χ1) is 11.8. The number of nitrogens with one attached hydrogen (secondary N) is 1. The van der Waals surface area contributed by atoms with Crippen molar-refractivity contribution >= 4 is 11.0 Å². The number of aromatic amines is 1. The van der Waals surface area contributed by atoms with E-state index in [2.05, 4.69) is 25.3 Å². The van der Waals surface area contributed by atoms with Crippen LogP contribution < -0.4 is 0 Å². The summed E-state index contributed by atoms with van der Waals surface area (Å²) >= 11 is 0. The molecule has 0 aliphatic rings. The zero-order valence-corrected chi connectivity index (χ0v) is 12.4. The molecule has 0 aliphatic carbocycles. The van der Waals surface area contributed by atoms with Gasteiger partial charge in [0.1, 0.15) is 18.2 Å². The predicted molar refractivity (Wildman–Crippen MR) is 83.2 cm³/mol. The lowest BCUT2D eigenvalue weighted by atomic mass is 10.2. The molecule has 0 saturated carbocycles. The molecule has 3 heterocycles. The zero-order valence-electron chi connectivity index (χ0n) is 12.4. The molecule has 0 saturated heterocycles. The van der Waals surface area contributed by atoms with Gasteiger partial charge in [-0.25, -0.2) is 23.4 Å². The Hall–Kier alpha value is -3.16. The van der Waals surface area contributed by atoms with Gasteiger partial charge in [-0.15, -0.1) is 0 Å². The molecule has 0 aliphatic heterocycles. The van der Waals surface area contributed by atoms with Gasteiger partial charge in [-0.3, -0.25) is 5.10 Å². The summed E-state index contributed by atoms with van der Waals surface area (Å²) in [7, 11) is 0. The summed E-state index contributed by atoms with van der Waals surface area (Å²) in [5.41, 5.74) is 1.56. The van der Waals surface area contributed by atoms with Gasteiger partial charge < -0.3 is 0 Å². The molecular weight excluding hydrogens is 314 g/mol. The number of nitrogens with zero attached hydrogens (tertiary/aromatic N) is 5. The minimum Gasteiger partial charge on any atom is -0.260 e. The number of benzene rings is 1. The maximum Gasteiger partial charge on any atom is 0.202 e. The molecule has 1 aromatic carbocycles. The van der Waals surface area contributed by atoms with Crippen molar-refractivity contribution in [3.8, 4) is 11.5 Å². The number of aromatic nitrogens is 6. The average molecular weight is 326 g/mol. The molecule has 8 heteroatoms. The Labute approximate surface area is 135 Å². The standard InChI is InChI=1S/C16H12F2N6/c17-8-13-20-15(22-21-13)14-11-5-3-7-19-16(11)24(23-14)9-10-4-1-2-6-12(10)18/h1-7H,8-9H2,(H,20,21,22). The number of hydrogen-bond acceptors (Lipinski definition) is 4.